The van der Waals surface area contributed by atoms with E-state index in [-0.39, 0.29) is 11.6 Å². The lowest BCUT2D eigenvalue weighted by Gasteiger charge is -2.05. The summed E-state index contributed by atoms with van der Waals surface area (Å²) in [5.41, 5.74) is 7.32. The highest BCUT2D eigenvalue weighted by molar-refractivity contribution is 9.10. The Morgan fingerprint density at radius 2 is 2.22 bits per heavy atom. The lowest BCUT2D eigenvalue weighted by atomic mass is 10.2. The zero-order chi connectivity index (χ0) is 13.1. The molecule has 1 amide bonds. The second-order valence-corrected chi connectivity index (χ2v) is 4.74. The van der Waals surface area contributed by atoms with Crippen LogP contribution in [0.25, 0.3) is 0 Å². The molecule has 1 aromatic carbocycles. The monoisotopic (exact) mass is 308 g/mol. The fourth-order valence-corrected chi connectivity index (χ4v) is 2.01. The highest BCUT2D eigenvalue weighted by Gasteiger charge is 2.13. The van der Waals surface area contributed by atoms with Crippen molar-refractivity contribution < 1.29 is 4.79 Å². The Bertz CT molecular complexity index is 579. The van der Waals surface area contributed by atoms with E-state index in [1.165, 1.54) is 4.68 Å². The van der Waals surface area contributed by atoms with Gasteiger partial charge in [0, 0.05) is 24.3 Å². The third-order valence-electron chi connectivity index (χ3n) is 2.47. The number of nitrogens with zero attached hydrogens (tertiary/aromatic N) is 2. The minimum Gasteiger partial charge on any atom is -0.396 e. The van der Waals surface area contributed by atoms with E-state index < -0.39 is 0 Å². The van der Waals surface area contributed by atoms with Gasteiger partial charge in [0.05, 0.1) is 5.69 Å². The van der Waals surface area contributed by atoms with Gasteiger partial charge in [0.15, 0.2) is 5.69 Å². The summed E-state index contributed by atoms with van der Waals surface area (Å²) in [5.74, 6) is -0.274. The van der Waals surface area contributed by atoms with Gasteiger partial charge in [0.1, 0.15) is 0 Å². The Hall–Kier alpha value is -1.82. The molecule has 2 aromatic rings. The molecule has 0 saturated carbocycles. The van der Waals surface area contributed by atoms with Crippen LogP contribution in [0.15, 0.2) is 34.9 Å². The first-order valence-electron chi connectivity index (χ1n) is 5.38. The summed E-state index contributed by atoms with van der Waals surface area (Å²) < 4.78 is 2.47. The third-order valence-corrected chi connectivity index (χ3v) is 3.24. The maximum absolute atomic E-state index is 11.9. The molecule has 18 heavy (non-hydrogen) atoms. The second-order valence-electron chi connectivity index (χ2n) is 3.88. The topological polar surface area (TPSA) is 72.9 Å². The number of anilines is 1. The smallest absolute Gasteiger partial charge is 0.274 e. The van der Waals surface area contributed by atoms with Crippen molar-refractivity contribution in [1.82, 2.24) is 15.1 Å². The minimum absolute atomic E-state index is 0.254. The average molecular weight is 309 g/mol. The lowest BCUT2D eigenvalue weighted by molar-refractivity contribution is 0.0946. The van der Waals surface area contributed by atoms with Gasteiger partial charge < -0.3 is 11.1 Å². The molecule has 1 heterocycles. The highest BCUT2D eigenvalue weighted by Crippen LogP contribution is 2.15. The van der Waals surface area contributed by atoms with Crippen molar-refractivity contribution in [3.63, 3.8) is 0 Å². The van der Waals surface area contributed by atoms with Gasteiger partial charge in [-0.15, -0.1) is 0 Å². The molecule has 0 fully saturated rings. The molecule has 0 radical (unpaired) electrons. The van der Waals surface area contributed by atoms with Crippen LogP contribution in [0.1, 0.15) is 16.1 Å². The molecule has 5 nitrogen and oxygen atoms in total. The van der Waals surface area contributed by atoms with Crippen molar-refractivity contribution in [3.05, 3.63) is 46.2 Å². The van der Waals surface area contributed by atoms with E-state index in [9.17, 15) is 4.79 Å². The standard InChI is InChI=1S/C12H13BrN4O/c1-17-7-10(14)11(16-17)12(18)15-6-8-4-2-3-5-9(8)13/h2-5,7H,6,14H2,1H3,(H,15,18). The molecule has 3 N–H and O–H groups in total. The van der Waals surface area contributed by atoms with Gasteiger partial charge in [0.2, 0.25) is 0 Å². The summed E-state index contributed by atoms with van der Waals surface area (Å²) in [4.78, 5) is 11.9. The van der Waals surface area contributed by atoms with Crippen molar-refractivity contribution in [2.45, 2.75) is 6.54 Å². The van der Waals surface area contributed by atoms with E-state index in [0.29, 0.717) is 12.2 Å². The van der Waals surface area contributed by atoms with Gasteiger partial charge in [-0.25, -0.2) is 0 Å². The average Bonchev–Trinajstić information content (AvgIpc) is 2.67. The Morgan fingerprint density at radius 3 is 2.83 bits per heavy atom. The van der Waals surface area contributed by atoms with Crippen LogP contribution in [-0.2, 0) is 13.6 Å². The number of hydrogen-bond acceptors (Lipinski definition) is 3. The van der Waals surface area contributed by atoms with Crippen LogP contribution in [0.5, 0.6) is 0 Å². The molecule has 0 aliphatic carbocycles. The SMILES string of the molecule is Cn1cc(N)c(C(=O)NCc2ccccc2Br)n1. The van der Waals surface area contributed by atoms with E-state index in [4.69, 9.17) is 5.73 Å². The van der Waals surface area contributed by atoms with E-state index in [1.54, 1.807) is 13.2 Å². The number of amides is 1. The highest BCUT2D eigenvalue weighted by atomic mass is 79.9. The quantitative estimate of drug-likeness (QED) is 0.906. The summed E-state index contributed by atoms with van der Waals surface area (Å²) in [5, 5.41) is 6.80. The number of carbonyl (C=O) groups is 1. The predicted molar refractivity (Wildman–Crippen MR) is 72.9 cm³/mol. The molecule has 0 unspecified atom stereocenters. The fraction of sp³-hybridized carbons (Fsp3) is 0.167. The number of hydrogen-bond donors (Lipinski definition) is 2. The zero-order valence-corrected chi connectivity index (χ0v) is 11.4. The van der Waals surface area contributed by atoms with Gasteiger partial charge in [-0.2, -0.15) is 5.10 Å². The number of nitrogens with two attached hydrogens (primary N) is 1. The first-order valence-corrected chi connectivity index (χ1v) is 6.18. The Balaban J connectivity index is 2.05. The lowest BCUT2D eigenvalue weighted by Crippen LogP contribution is -2.24. The van der Waals surface area contributed by atoms with Gasteiger partial charge in [-0.3, -0.25) is 9.48 Å². The number of nitrogens with one attached hydrogen (secondary N) is 1. The second kappa shape index (κ2) is 5.22. The molecule has 94 valence electrons. The molecule has 0 spiro atoms. The Morgan fingerprint density at radius 1 is 1.50 bits per heavy atom. The maximum atomic E-state index is 11.9. The minimum atomic E-state index is -0.274. The molecule has 0 saturated heterocycles. The summed E-state index contributed by atoms with van der Waals surface area (Å²) >= 11 is 3.43. The Labute approximate surface area is 113 Å². The van der Waals surface area contributed by atoms with Crippen LogP contribution in [0.4, 0.5) is 5.69 Å². The van der Waals surface area contributed by atoms with Crippen molar-refractivity contribution in [2.24, 2.45) is 7.05 Å². The molecule has 0 atom stereocenters. The van der Waals surface area contributed by atoms with Crippen LogP contribution in [0.3, 0.4) is 0 Å². The van der Waals surface area contributed by atoms with Crippen molar-refractivity contribution in [2.75, 3.05) is 5.73 Å². The van der Waals surface area contributed by atoms with Crippen LogP contribution in [0, 0.1) is 0 Å². The molecule has 1 aromatic heterocycles. The maximum Gasteiger partial charge on any atom is 0.274 e. The number of aromatic nitrogens is 2. The first kappa shape index (κ1) is 12.6. The van der Waals surface area contributed by atoms with E-state index in [0.717, 1.165) is 10.0 Å². The van der Waals surface area contributed by atoms with Gasteiger partial charge in [-0.1, -0.05) is 34.1 Å². The van der Waals surface area contributed by atoms with Crippen molar-refractivity contribution in [1.29, 1.82) is 0 Å². The fourth-order valence-electron chi connectivity index (χ4n) is 1.58. The number of benzene rings is 1. The largest absolute Gasteiger partial charge is 0.396 e. The number of aryl methyl sites for hydroxylation is 1. The van der Waals surface area contributed by atoms with Crippen LogP contribution >= 0.6 is 15.9 Å². The van der Waals surface area contributed by atoms with Gasteiger partial charge >= 0.3 is 0 Å². The number of nitrogen functional groups attached to an aromatic ring is 1. The van der Waals surface area contributed by atoms with Crippen LogP contribution < -0.4 is 11.1 Å². The van der Waals surface area contributed by atoms with E-state index in [2.05, 4.69) is 26.3 Å². The molecular formula is C12H13BrN4O. The predicted octanol–water partition coefficient (Wildman–Crippen LogP) is 1.69. The normalized spacial score (nSPS) is 10.3. The summed E-state index contributed by atoms with van der Waals surface area (Å²) in [6.45, 7) is 0.427. The summed E-state index contributed by atoms with van der Waals surface area (Å²) in [6, 6.07) is 7.70. The van der Waals surface area contributed by atoms with Gasteiger partial charge in [-0.05, 0) is 11.6 Å². The van der Waals surface area contributed by atoms with E-state index in [1.807, 2.05) is 24.3 Å². The molecular weight excluding hydrogens is 296 g/mol. The third kappa shape index (κ3) is 2.70. The number of halogens is 1. The molecule has 0 aliphatic heterocycles. The first-order chi connectivity index (χ1) is 8.58. The van der Waals surface area contributed by atoms with Crippen LogP contribution in [0.2, 0.25) is 0 Å². The van der Waals surface area contributed by atoms with Crippen molar-refractivity contribution in [3.8, 4) is 0 Å². The summed E-state index contributed by atoms with van der Waals surface area (Å²) in [7, 11) is 1.72. The number of rotatable bonds is 3. The Kier molecular flexibility index (Phi) is 3.66. The van der Waals surface area contributed by atoms with Gasteiger partial charge in [0.25, 0.3) is 5.91 Å². The van der Waals surface area contributed by atoms with Crippen molar-refractivity contribution >= 4 is 27.5 Å². The molecule has 0 aliphatic rings. The molecule has 0 bridgehead atoms. The molecule has 6 heteroatoms. The number of carbonyl (C=O) groups excluding carboxylic acids is 1. The van der Waals surface area contributed by atoms with E-state index >= 15 is 0 Å². The van der Waals surface area contributed by atoms with Crippen LogP contribution in [-0.4, -0.2) is 15.7 Å². The summed E-state index contributed by atoms with van der Waals surface area (Å²) in [6.07, 6.45) is 1.60. The zero-order valence-electron chi connectivity index (χ0n) is 9.85. The molecule has 2 rings (SSSR count).